The van der Waals surface area contributed by atoms with Crippen LogP contribution in [0.15, 0.2) is 22.7 Å². The Morgan fingerprint density at radius 3 is 2.75 bits per heavy atom. The van der Waals surface area contributed by atoms with Crippen molar-refractivity contribution in [1.82, 2.24) is 5.32 Å². The number of methoxy groups -OCH3 is 1. The van der Waals surface area contributed by atoms with Gasteiger partial charge in [0.2, 0.25) is 0 Å². The van der Waals surface area contributed by atoms with Crippen LogP contribution in [0.4, 0.5) is 5.69 Å². The molecule has 1 aromatic carbocycles. The number of halogens is 1. The number of anilines is 1. The molecule has 1 fully saturated rings. The summed E-state index contributed by atoms with van der Waals surface area (Å²) in [4.78, 5) is 2.52. The lowest BCUT2D eigenvalue weighted by molar-refractivity contribution is 0.139. The molecule has 0 saturated carbocycles. The maximum absolute atomic E-state index is 5.28. The van der Waals surface area contributed by atoms with Crippen molar-refractivity contribution in [2.45, 2.75) is 26.3 Å². The minimum atomic E-state index is 0.726. The first-order chi connectivity index (χ1) is 9.74. The third kappa shape index (κ3) is 4.21. The Balaban J connectivity index is 2.04. The number of rotatable bonds is 6. The third-order valence-electron chi connectivity index (χ3n) is 3.96. The van der Waals surface area contributed by atoms with Crippen LogP contribution in [0.25, 0.3) is 0 Å². The standard InChI is InChI=1S/C16H25BrN2O/c1-3-18-11-14-10-15(17)4-5-16(14)19-8-6-13(7-9-19)12-20-2/h4-5,10,13,18H,3,6-9,11-12H2,1-2H3. The van der Waals surface area contributed by atoms with Crippen molar-refractivity contribution in [1.29, 1.82) is 0 Å². The van der Waals surface area contributed by atoms with Gasteiger partial charge in [-0.2, -0.15) is 0 Å². The van der Waals surface area contributed by atoms with Gasteiger partial charge < -0.3 is 15.0 Å². The van der Waals surface area contributed by atoms with E-state index in [2.05, 4.69) is 51.3 Å². The fourth-order valence-corrected chi connectivity index (χ4v) is 3.25. The monoisotopic (exact) mass is 340 g/mol. The Morgan fingerprint density at radius 1 is 1.35 bits per heavy atom. The number of hydrogen-bond acceptors (Lipinski definition) is 3. The Kier molecular flexibility index (Phi) is 6.33. The second kappa shape index (κ2) is 8.01. The van der Waals surface area contributed by atoms with E-state index >= 15 is 0 Å². The smallest absolute Gasteiger partial charge is 0.0491 e. The molecule has 1 aliphatic heterocycles. The second-order valence-corrected chi connectivity index (χ2v) is 6.35. The molecule has 1 aliphatic rings. The average molecular weight is 341 g/mol. The molecule has 0 aliphatic carbocycles. The average Bonchev–Trinajstić information content (AvgIpc) is 2.47. The number of piperidine rings is 1. The summed E-state index contributed by atoms with van der Waals surface area (Å²) in [5.74, 6) is 0.726. The molecule has 0 atom stereocenters. The molecule has 3 nitrogen and oxygen atoms in total. The zero-order chi connectivity index (χ0) is 14.4. The Morgan fingerprint density at radius 2 is 2.10 bits per heavy atom. The highest BCUT2D eigenvalue weighted by molar-refractivity contribution is 9.10. The van der Waals surface area contributed by atoms with E-state index < -0.39 is 0 Å². The third-order valence-corrected chi connectivity index (χ3v) is 4.46. The molecule has 20 heavy (non-hydrogen) atoms. The molecule has 112 valence electrons. The summed E-state index contributed by atoms with van der Waals surface area (Å²) in [5, 5.41) is 3.43. The lowest BCUT2D eigenvalue weighted by Gasteiger charge is -2.34. The Labute approximate surface area is 130 Å². The van der Waals surface area contributed by atoms with Gasteiger partial charge >= 0.3 is 0 Å². The molecule has 0 aromatic heterocycles. The van der Waals surface area contributed by atoms with Crippen molar-refractivity contribution in [3.05, 3.63) is 28.2 Å². The van der Waals surface area contributed by atoms with Crippen molar-refractivity contribution < 1.29 is 4.74 Å². The maximum Gasteiger partial charge on any atom is 0.0491 e. The highest BCUT2D eigenvalue weighted by atomic mass is 79.9. The predicted molar refractivity (Wildman–Crippen MR) is 88.3 cm³/mol. The summed E-state index contributed by atoms with van der Waals surface area (Å²) in [6.45, 7) is 7.25. The summed E-state index contributed by atoms with van der Waals surface area (Å²) >= 11 is 3.58. The number of nitrogens with one attached hydrogen (secondary N) is 1. The quantitative estimate of drug-likeness (QED) is 0.858. The minimum Gasteiger partial charge on any atom is -0.384 e. The van der Waals surface area contributed by atoms with Gasteiger partial charge in [-0.05, 0) is 49.1 Å². The molecule has 0 bridgehead atoms. The van der Waals surface area contributed by atoms with Crippen molar-refractivity contribution in [3.63, 3.8) is 0 Å². The first-order valence-electron chi connectivity index (χ1n) is 7.47. The van der Waals surface area contributed by atoms with E-state index in [4.69, 9.17) is 4.74 Å². The zero-order valence-electron chi connectivity index (χ0n) is 12.5. The van der Waals surface area contributed by atoms with E-state index in [-0.39, 0.29) is 0 Å². The largest absolute Gasteiger partial charge is 0.384 e. The van der Waals surface area contributed by atoms with E-state index in [0.717, 1.165) is 43.2 Å². The van der Waals surface area contributed by atoms with Crippen LogP contribution >= 0.6 is 15.9 Å². The molecule has 0 radical (unpaired) electrons. The summed E-state index contributed by atoms with van der Waals surface area (Å²) in [6.07, 6.45) is 2.45. The number of benzene rings is 1. The summed E-state index contributed by atoms with van der Waals surface area (Å²) in [5.41, 5.74) is 2.76. The first-order valence-corrected chi connectivity index (χ1v) is 8.27. The topological polar surface area (TPSA) is 24.5 Å². The highest BCUT2D eigenvalue weighted by Gasteiger charge is 2.20. The molecular weight excluding hydrogens is 316 g/mol. The van der Waals surface area contributed by atoms with Gasteiger partial charge in [-0.3, -0.25) is 0 Å². The van der Waals surface area contributed by atoms with Crippen LogP contribution in [0.3, 0.4) is 0 Å². The normalized spacial score (nSPS) is 16.6. The van der Waals surface area contributed by atoms with Crippen LogP contribution in [0.2, 0.25) is 0 Å². The van der Waals surface area contributed by atoms with Crippen molar-refractivity contribution in [2.24, 2.45) is 5.92 Å². The number of nitrogens with zero attached hydrogens (tertiary/aromatic N) is 1. The van der Waals surface area contributed by atoms with Crippen LogP contribution in [0, 0.1) is 5.92 Å². The van der Waals surface area contributed by atoms with Crippen molar-refractivity contribution in [2.75, 3.05) is 38.3 Å². The molecular formula is C16H25BrN2O. The van der Waals surface area contributed by atoms with Gasteiger partial charge in [0.05, 0.1) is 0 Å². The fraction of sp³-hybridized carbons (Fsp3) is 0.625. The van der Waals surface area contributed by atoms with Gasteiger partial charge in [-0.25, -0.2) is 0 Å². The molecule has 1 N–H and O–H groups in total. The van der Waals surface area contributed by atoms with Crippen LogP contribution < -0.4 is 10.2 Å². The summed E-state index contributed by atoms with van der Waals surface area (Å²) in [6, 6.07) is 6.62. The van der Waals surface area contributed by atoms with Crippen molar-refractivity contribution >= 4 is 21.6 Å². The summed E-state index contributed by atoms with van der Waals surface area (Å²) < 4.78 is 6.44. The lowest BCUT2D eigenvalue weighted by atomic mass is 9.96. The molecule has 4 heteroatoms. The Hall–Kier alpha value is -0.580. The van der Waals surface area contributed by atoms with Gasteiger partial charge in [0, 0.05) is 43.5 Å². The second-order valence-electron chi connectivity index (χ2n) is 5.44. The fourth-order valence-electron chi connectivity index (χ4n) is 2.84. The number of ether oxygens (including phenoxy) is 1. The van der Waals surface area contributed by atoms with E-state index in [1.807, 2.05) is 0 Å². The minimum absolute atomic E-state index is 0.726. The Bertz CT molecular complexity index is 417. The SMILES string of the molecule is CCNCc1cc(Br)ccc1N1CCC(COC)CC1. The van der Waals surface area contributed by atoms with E-state index in [9.17, 15) is 0 Å². The first kappa shape index (κ1) is 15.8. The van der Waals surface area contributed by atoms with Crippen molar-refractivity contribution in [3.8, 4) is 0 Å². The van der Waals surface area contributed by atoms with Gasteiger partial charge in [-0.15, -0.1) is 0 Å². The van der Waals surface area contributed by atoms with Crippen LogP contribution in [-0.2, 0) is 11.3 Å². The molecule has 0 amide bonds. The predicted octanol–water partition coefficient (Wildman–Crippen LogP) is 3.42. The van der Waals surface area contributed by atoms with Crippen LogP contribution in [0.1, 0.15) is 25.3 Å². The molecule has 1 heterocycles. The van der Waals surface area contributed by atoms with Gasteiger partial charge in [-0.1, -0.05) is 22.9 Å². The highest BCUT2D eigenvalue weighted by Crippen LogP contribution is 2.28. The van der Waals surface area contributed by atoms with E-state index in [1.54, 1.807) is 7.11 Å². The van der Waals surface area contributed by atoms with Gasteiger partial charge in [0.15, 0.2) is 0 Å². The number of hydrogen-bond donors (Lipinski definition) is 1. The summed E-state index contributed by atoms with van der Waals surface area (Å²) in [7, 11) is 1.80. The maximum atomic E-state index is 5.28. The van der Waals surface area contributed by atoms with E-state index in [1.165, 1.54) is 24.1 Å². The molecule has 0 unspecified atom stereocenters. The van der Waals surface area contributed by atoms with Crippen LogP contribution in [-0.4, -0.2) is 33.4 Å². The molecule has 2 rings (SSSR count). The van der Waals surface area contributed by atoms with E-state index in [0.29, 0.717) is 0 Å². The lowest BCUT2D eigenvalue weighted by Crippen LogP contribution is -2.35. The molecule has 1 aromatic rings. The zero-order valence-corrected chi connectivity index (χ0v) is 14.1. The molecule has 0 spiro atoms. The van der Waals surface area contributed by atoms with Crippen LogP contribution in [0.5, 0.6) is 0 Å². The van der Waals surface area contributed by atoms with Gasteiger partial charge in [0.1, 0.15) is 0 Å². The van der Waals surface area contributed by atoms with Gasteiger partial charge in [0.25, 0.3) is 0 Å². The molecule has 1 saturated heterocycles.